The van der Waals surface area contributed by atoms with Gasteiger partial charge in [-0.15, -0.1) is 11.3 Å². The fraction of sp³-hybridized carbons (Fsp3) is 0.481. The van der Waals surface area contributed by atoms with Gasteiger partial charge in [-0.2, -0.15) is 0 Å². The molecular formula is C27H33N3O4S. The number of aromatic nitrogens is 2. The van der Waals surface area contributed by atoms with E-state index in [9.17, 15) is 14.7 Å². The Hall–Kier alpha value is -2.84. The van der Waals surface area contributed by atoms with E-state index in [0.717, 1.165) is 21.7 Å². The van der Waals surface area contributed by atoms with Crippen LogP contribution in [0.1, 0.15) is 68.3 Å². The van der Waals surface area contributed by atoms with Gasteiger partial charge in [0.05, 0.1) is 45.8 Å². The van der Waals surface area contributed by atoms with Gasteiger partial charge >= 0.3 is 0 Å². The molecule has 1 fully saturated rings. The highest BCUT2D eigenvalue weighted by molar-refractivity contribution is 7.13. The van der Waals surface area contributed by atoms with Crippen LogP contribution in [-0.4, -0.2) is 33.0 Å². The van der Waals surface area contributed by atoms with E-state index in [1.807, 2.05) is 64.4 Å². The zero-order valence-corrected chi connectivity index (χ0v) is 21.6. The molecule has 2 heterocycles. The summed E-state index contributed by atoms with van der Waals surface area (Å²) in [5, 5.41) is 17.4. The van der Waals surface area contributed by atoms with Crippen molar-refractivity contribution in [3.8, 4) is 10.4 Å². The van der Waals surface area contributed by atoms with Crippen molar-refractivity contribution >= 4 is 23.0 Å². The predicted octanol–water partition coefficient (Wildman–Crippen LogP) is 4.99. The van der Waals surface area contributed by atoms with Crippen LogP contribution in [0.2, 0.25) is 0 Å². The lowest BCUT2D eigenvalue weighted by molar-refractivity contribution is -0.134. The summed E-state index contributed by atoms with van der Waals surface area (Å²) in [6, 6.07) is 9.64. The van der Waals surface area contributed by atoms with E-state index >= 15 is 0 Å². The summed E-state index contributed by atoms with van der Waals surface area (Å²) >= 11 is 1.60. The van der Waals surface area contributed by atoms with Crippen LogP contribution in [0.15, 0.2) is 40.4 Å². The largest absolute Gasteiger partial charge is 0.393 e. The molecule has 1 aliphatic carbocycles. The number of nitrogens with zero attached hydrogens (tertiary/aromatic N) is 2. The van der Waals surface area contributed by atoms with Crippen molar-refractivity contribution in [1.29, 1.82) is 0 Å². The average molecular weight is 496 g/mol. The molecule has 1 aliphatic rings. The Labute approximate surface area is 210 Å². The highest BCUT2D eigenvalue weighted by Gasteiger charge is 2.45. The van der Waals surface area contributed by atoms with Gasteiger partial charge in [-0.1, -0.05) is 43.3 Å². The van der Waals surface area contributed by atoms with Gasteiger partial charge in [-0.25, -0.2) is 4.98 Å². The zero-order chi connectivity index (χ0) is 25.3. The standard InChI is InChI=1S/C27H33N3O4S/c1-14(2)24(23-10-15(3)30-34-23)25(32)21-11-20(31)12-22(21)27(33)29-16(4)18-6-8-19(9-7-18)26-17(5)28-13-35-26/h6-10,13-14,16,20-22,24,31H,11-12H2,1-5H3,(H,29,33)/t16-,20-,21?,22+,24+/m0/s1. The van der Waals surface area contributed by atoms with Gasteiger partial charge in [0, 0.05) is 12.0 Å². The normalized spacial score (nSPS) is 21.7. The van der Waals surface area contributed by atoms with E-state index in [1.54, 1.807) is 17.4 Å². The Morgan fingerprint density at radius 2 is 1.80 bits per heavy atom. The van der Waals surface area contributed by atoms with Crippen molar-refractivity contribution in [2.45, 2.75) is 65.5 Å². The van der Waals surface area contributed by atoms with E-state index in [-0.39, 0.29) is 36.5 Å². The number of carbonyl (C=O) groups is 2. The van der Waals surface area contributed by atoms with E-state index < -0.39 is 23.9 Å². The number of ketones is 1. The lowest BCUT2D eigenvalue weighted by atomic mass is 9.79. The summed E-state index contributed by atoms with van der Waals surface area (Å²) < 4.78 is 5.42. The van der Waals surface area contributed by atoms with Gasteiger partial charge in [0.25, 0.3) is 0 Å². The Morgan fingerprint density at radius 1 is 1.11 bits per heavy atom. The molecule has 186 valence electrons. The van der Waals surface area contributed by atoms with Gasteiger partial charge in [0.2, 0.25) is 5.91 Å². The van der Waals surface area contributed by atoms with E-state index in [2.05, 4.69) is 15.5 Å². The molecular weight excluding hydrogens is 462 g/mol. The first-order valence-electron chi connectivity index (χ1n) is 12.1. The number of hydrogen-bond acceptors (Lipinski definition) is 7. The smallest absolute Gasteiger partial charge is 0.224 e. The van der Waals surface area contributed by atoms with Crippen molar-refractivity contribution in [2.24, 2.45) is 17.8 Å². The maximum atomic E-state index is 13.6. The van der Waals surface area contributed by atoms with Crippen molar-refractivity contribution in [2.75, 3.05) is 0 Å². The Kier molecular flexibility index (Phi) is 7.52. The van der Waals surface area contributed by atoms with Crippen LogP contribution in [0.25, 0.3) is 10.4 Å². The minimum absolute atomic E-state index is 0.0177. The summed E-state index contributed by atoms with van der Waals surface area (Å²) in [6.07, 6.45) is -0.121. The number of nitrogens with one attached hydrogen (secondary N) is 1. The first-order valence-corrected chi connectivity index (χ1v) is 13.0. The van der Waals surface area contributed by atoms with Gasteiger partial charge in [0.15, 0.2) is 0 Å². The summed E-state index contributed by atoms with van der Waals surface area (Å²) in [6.45, 7) is 9.66. The summed E-state index contributed by atoms with van der Waals surface area (Å²) in [4.78, 5) is 32.4. The maximum absolute atomic E-state index is 13.6. The number of carbonyl (C=O) groups excluding carboxylic acids is 2. The number of aliphatic hydroxyl groups excluding tert-OH is 1. The molecule has 1 saturated carbocycles. The van der Waals surface area contributed by atoms with Crippen molar-refractivity contribution in [3.63, 3.8) is 0 Å². The zero-order valence-electron chi connectivity index (χ0n) is 20.8. The van der Waals surface area contributed by atoms with Gasteiger partial charge < -0.3 is 14.9 Å². The first-order chi connectivity index (χ1) is 16.7. The second kappa shape index (κ2) is 10.4. The number of aliphatic hydroxyl groups is 1. The Balaban J connectivity index is 1.47. The molecule has 7 nitrogen and oxygen atoms in total. The highest BCUT2D eigenvalue weighted by atomic mass is 32.1. The van der Waals surface area contributed by atoms with E-state index in [0.29, 0.717) is 11.5 Å². The van der Waals surface area contributed by atoms with Crippen LogP contribution in [0.4, 0.5) is 0 Å². The summed E-state index contributed by atoms with van der Waals surface area (Å²) in [5.41, 5.74) is 5.62. The maximum Gasteiger partial charge on any atom is 0.224 e. The number of Topliss-reactive ketones (excluding diaryl/α,β-unsaturated/α-hetero) is 1. The third-order valence-electron chi connectivity index (χ3n) is 6.94. The highest BCUT2D eigenvalue weighted by Crippen LogP contribution is 2.39. The predicted molar refractivity (Wildman–Crippen MR) is 135 cm³/mol. The molecule has 0 aliphatic heterocycles. The number of hydrogen-bond donors (Lipinski definition) is 2. The topological polar surface area (TPSA) is 105 Å². The van der Waals surface area contributed by atoms with Crippen LogP contribution >= 0.6 is 11.3 Å². The number of aryl methyl sites for hydroxylation is 2. The number of thiazole rings is 1. The van der Waals surface area contributed by atoms with E-state index in [1.165, 1.54) is 0 Å². The van der Waals surface area contributed by atoms with Gasteiger partial charge in [-0.3, -0.25) is 9.59 Å². The van der Waals surface area contributed by atoms with Crippen molar-refractivity contribution < 1.29 is 19.2 Å². The third kappa shape index (κ3) is 5.38. The minimum Gasteiger partial charge on any atom is -0.393 e. The van der Waals surface area contributed by atoms with Crippen molar-refractivity contribution in [1.82, 2.24) is 15.5 Å². The number of amides is 1. The molecule has 0 radical (unpaired) electrons. The summed E-state index contributed by atoms with van der Waals surface area (Å²) in [5.74, 6) is -1.41. The molecule has 1 amide bonds. The molecule has 2 aromatic heterocycles. The second-order valence-corrected chi connectivity index (χ2v) is 10.8. The molecule has 1 aromatic carbocycles. The van der Waals surface area contributed by atoms with Crippen LogP contribution < -0.4 is 5.32 Å². The molecule has 0 spiro atoms. The summed E-state index contributed by atoms with van der Waals surface area (Å²) in [7, 11) is 0. The molecule has 4 rings (SSSR count). The van der Waals surface area contributed by atoms with Gasteiger partial charge in [0.1, 0.15) is 11.5 Å². The number of benzene rings is 1. The monoisotopic (exact) mass is 495 g/mol. The molecule has 35 heavy (non-hydrogen) atoms. The van der Waals surface area contributed by atoms with Crippen LogP contribution in [0, 0.1) is 31.6 Å². The fourth-order valence-electron chi connectivity index (χ4n) is 5.08. The molecule has 1 unspecified atom stereocenters. The van der Waals surface area contributed by atoms with Crippen LogP contribution in [0.5, 0.6) is 0 Å². The quantitative estimate of drug-likeness (QED) is 0.456. The molecule has 2 N–H and O–H groups in total. The van der Waals surface area contributed by atoms with Crippen LogP contribution in [-0.2, 0) is 9.59 Å². The molecule has 0 saturated heterocycles. The molecule has 0 bridgehead atoms. The minimum atomic E-state index is -0.679. The fourth-order valence-corrected chi connectivity index (χ4v) is 5.89. The molecule has 8 heteroatoms. The first kappa shape index (κ1) is 25.3. The molecule has 5 atom stereocenters. The van der Waals surface area contributed by atoms with Crippen molar-refractivity contribution in [3.05, 3.63) is 58.6 Å². The molecule has 3 aromatic rings. The Bertz CT molecular complexity index is 1180. The lowest BCUT2D eigenvalue weighted by Crippen LogP contribution is -2.38. The Morgan fingerprint density at radius 3 is 2.37 bits per heavy atom. The van der Waals surface area contributed by atoms with Gasteiger partial charge in [-0.05, 0) is 50.7 Å². The third-order valence-corrected chi connectivity index (χ3v) is 7.92. The van der Waals surface area contributed by atoms with E-state index in [4.69, 9.17) is 4.52 Å². The SMILES string of the molecule is Cc1cc([C@H](C(=O)C2C[C@H](O)C[C@H]2C(=O)N[C@@H](C)c2ccc(-c3scnc3C)cc2)C(C)C)on1. The lowest BCUT2D eigenvalue weighted by Gasteiger charge is -2.25. The average Bonchev–Trinajstić information content (AvgIpc) is 3.53. The number of rotatable bonds is 8. The van der Waals surface area contributed by atoms with Crippen LogP contribution in [0.3, 0.4) is 0 Å². The second-order valence-electron chi connectivity index (χ2n) is 9.95.